The Morgan fingerprint density at radius 2 is 2.20 bits per heavy atom. The van der Waals surface area contributed by atoms with Crippen molar-refractivity contribution in [1.29, 1.82) is 0 Å². The molecule has 0 aliphatic heterocycles. The number of aryl methyl sites for hydroxylation is 2. The van der Waals surface area contributed by atoms with Crippen LogP contribution in [0.3, 0.4) is 0 Å². The Hall–Kier alpha value is -1.68. The van der Waals surface area contributed by atoms with E-state index in [-0.39, 0.29) is 5.82 Å². The van der Waals surface area contributed by atoms with Crippen LogP contribution in [-0.4, -0.2) is 22.4 Å². The molecule has 0 amide bonds. The average molecular weight is 275 g/mol. The zero-order valence-corrected chi connectivity index (χ0v) is 12.1. The van der Waals surface area contributed by atoms with E-state index in [9.17, 15) is 4.39 Å². The van der Waals surface area contributed by atoms with E-state index in [1.807, 2.05) is 30.2 Å². The van der Waals surface area contributed by atoms with Crippen molar-refractivity contribution in [3.05, 3.63) is 53.6 Å². The first-order chi connectivity index (χ1) is 9.67. The van der Waals surface area contributed by atoms with E-state index in [4.69, 9.17) is 0 Å². The van der Waals surface area contributed by atoms with E-state index in [1.54, 1.807) is 12.1 Å². The second kappa shape index (κ2) is 7.20. The summed E-state index contributed by atoms with van der Waals surface area (Å²) in [6.07, 6.45) is 6.82. The Morgan fingerprint density at radius 1 is 1.35 bits per heavy atom. The van der Waals surface area contributed by atoms with Crippen LogP contribution in [0.25, 0.3) is 0 Å². The number of benzene rings is 1. The Kier molecular flexibility index (Phi) is 5.30. The van der Waals surface area contributed by atoms with Crippen LogP contribution in [0, 0.1) is 5.82 Å². The molecule has 0 saturated carbocycles. The third-order valence-corrected chi connectivity index (χ3v) is 3.40. The Bertz CT molecular complexity index is 536. The van der Waals surface area contributed by atoms with Crippen molar-refractivity contribution in [2.45, 2.75) is 32.2 Å². The largest absolute Gasteiger partial charge is 0.314 e. The zero-order valence-electron chi connectivity index (χ0n) is 12.1. The van der Waals surface area contributed by atoms with Crippen LogP contribution in [0.5, 0.6) is 0 Å². The Balaban J connectivity index is 1.92. The summed E-state index contributed by atoms with van der Waals surface area (Å²) in [5.74, 6) is -0.162. The van der Waals surface area contributed by atoms with E-state index in [0.717, 1.165) is 31.4 Å². The predicted molar refractivity (Wildman–Crippen MR) is 79.1 cm³/mol. The molecule has 1 heterocycles. The molecule has 20 heavy (non-hydrogen) atoms. The normalized spacial score (nSPS) is 12.6. The number of hydrogen-bond donors (Lipinski definition) is 1. The van der Waals surface area contributed by atoms with Gasteiger partial charge in [-0.1, -0.05) is 19.1 Å². The Morgan fingerprint density at radius 3 is 2.85 bits per heavy atom. The molecule has 0 aliphatic carbocycles. The van der Waals surface area contributed by atoms with Gasteiger partial charge in [-0.2, -0.15) is 5.10 Å². The SMILES string of the molecule is CCNC(CCc1cnn(C)c1)Cc1cccc(F)c1. The standard InChI is InChI=1S/C16H22FN3/c1-3-18-16(8-7-14-11-19-20(2)12-14)10-13-5-4-6-15(17)9-13/h4-6,9,11-12,16,18H,3,7-8,10H2,1-2H3. The lowest BCUT2D eigenvalue weighted by molar-refractivity contribution is 0.489. The number of rotatable bonds is 7. The summed E-state index contributed by atoms with van der Waals surface area (Å²) in [6.45, 7) is 3.02. The predicted octanol–water partition coefficient (Wildman–Crippen LogP) is 2.71. The molecule has 2 rings (SSSR count). The average Bonchev–Trinajstić information content (AvgIpc) is 2.82. The minimum absolute atomic E-state index is 0.162. The van der Waals surface area contributed by atoms with Crippen molar-refractivity contribution < 1.29 is 4.39 Å². The molecular weight excluding hydrogens is 253 g/mol. The van der Waals surface area contributed by atoms with Crippen molar-refractivity contribution >= 4 is 0 Å². The molecule has 4 heteroatoms. The highest BCUT2D eigenvalue weighted by molar-refractivity contribution is 5.17. The number of nitrogens with zero attached hydrogens (tertiary/aromatic N) is 2. The molecule has 2 aromatic rings. The van der Waals surface area contributed by atoms with Crippen LogP contribution in [0.4, 0.5) is 4.39 Å². The summed E-state index contributed by atoms with van der Waals surface area (Å²) in [5.41, 5.74) is 2.29. The van der Waals surface area contributed by atoms with E-state index < -0.39 is 0 Å². The van der Waals surface area contributed by atoms with Gasteiger partial charge < -0.3 is 5.32 Å². The van der Waals surface area contributed by atoms with E-state index >= 15 is 0 Å². The van der Waals surface area contributed by atoms with Crippen molar-refractivity contribution in [1.82, 2.24) is 15.1 Å². The second-order valence-electron chi connectivity index (χ2n) is 5.15. The van der Waals surface area contributed by atoms with Gasteiger partial charge in [0.1, 0.15) is 5.82 Å². The smallest absolute Gasteiger partial charge is 0.123 e. The maximum atomic E-state index is 13.2. The fourth-order valence-corrected chi connectivity index (χ4v) is 2.46. The highest BCUT2D eigenvalue weighted by Gasteiger charge is 2.10. The van der Waals surface area contributed by atoms with Gasteiger partial charge in [-0.05, 0) is 49.1 Å². The maximum absolute atomic E-state index is 13.2. The van der Waals surface area contributed by atoms with Crippen LogP contribution in [0.2, 0.25) is 0 Å². The molecule has 1 aromatic heterocycles. The number of hydrogen-bond acceptors (Lipinski definition) is 2. The van der Waals surface area contributed by atoms with E-state index in [0.29, 0.717) is 6.04 Å². The molecule has 0 bridgehead atoms. The highest BCUT2D eigenvalue weighted by Crippen LogP contribution is 2.11. The van der Waals surface area contributed by atoms with Crippen LogP contribution < -0.4 is 5.32 Å². The van der Waals surface area contributed by atoms with Crippen molar-refractivity contribution in [3.8, 4) is 0 Å². The van der Waals surface area contributed by atoms with Crippen LogP contribution in [0.1, 0.15) is 24.5 Å². The van der Waals surface area contributed by atoms with Gasteiger partial charge in [0.25, 0.3) is 0 Å². The van der Waals surface area contributed by atoms with Gasteiger partial charge in [0, 0.05) is 19.3 Å². The van der Waals surface area contributed by atoms with Gasteiger partial charge >= 0.3 is 0 Å². The quantitative estimate of drug-likeness (QED) is 0.842. The molecule has 1 aromatic carbocycles. The van der Waals surface area contributed by atoms with Crippen molar-refractivity contribution in [3.63, 3.8) is 0 Å². The number of aromatic nitrogens is 2. The third-order valence-electron chi connectivity index (χ3n) is 3.40. The van der Waals surface area contributed by atoms with Crippen molar-refractivity contribution in [2.24, 2.45) is 7.05 Å². The third kappa shape index (κ3) is 4.46. The summed E-state index contributed by atoms with van der Waals surface area (Å²) in [6, 6.07) is 7.23. The number of halogens is 1. The molecule has 0 fully saturated rings. The van der Waals surface area contributed by atoms with Gasteiger partial charge in [-0.15, -0.1) is 0 Å². The topological polar surface area (TPSA) is 29.9 Å². The van der Waals surface area contributed by atoms with Crippen LogP contribution >= 0.6 is 0 Å². The summed E-state index contributed by atoms with van der Waals surface area (Å²) in [5, 5.41) is 7.66. The summed E-state index contributed by atoms with van der Waals surface area (Å²) in [4.78, 5) is 0. The Labute approximate surface area is 119 Å². The lowest BCUT2D eigenvalue weighted by atomic mass is 10.00. The second-order valence-corrected chi connectivity index (χ2v) is 5.15. The number of likely N-dealkylation sites (N-methyl/N-ethyl adjacent to an activating group) is 1. The lowest BCUT2D eigenvalue weighted by Crippen LogP contribution is -2.31. The van der Waals surface area contributed by atoms with Gasteiger partial charge in [0.15, 0.2) is 0 Å². The molecule has 108 valence electrons. The first kappa shape index (κ1) is 14.7. The van der Waals surface area contributed by atoms with Crippen LogP contribution in [-0.2, 0) is 19.9 Å². The highest BCUT2D eigenvalue weighted by atomic mass is 19.1. The van der Waals surface area contributed by atoms with E-state index in [2.05, 4.69) is 17.3 Å². The lowest BCUT2D eigenvalue weighted by Gasteiger charge is -2.17. The molecule has 3 nitrogen and oxygen atoms in total. The fraction of sp³-hybridized carbons (Fsp3) is 0.438. The fourth-order valence-electron chi connectivity index (χ4n) is 2.46. The maximum Gasteiger partial charge on any atom is 0.123 e. The summed E-state index contributed by atoms with van der Waals surface area (Å²) in [7, 11) is 1.93. The van der Waals surface area contributed by atoms with Gasteiger partial charge in [0.2, 0.25) is 0 Å². The number of nitrogens with one attached hydrogen (secondary N) is 1. The van der Waals surface area contributed by atoms with Crippen molar-refractivity contribution in [2.75, 3.05) is 6.54 Å². The van der Waals surface area contributed by atoms with Gasteiger partial charge in [-0.3, -0.25) is 4.68 Å². The first-order valence-corrected chi connectivity index (χ1v) is 7.12. The molecule has 1 unspecified atom stereocenters. The molecule has 0 aliphatic rings. The monoisotopic (exact) mass is 275 g/mol. The summed E-state index contributed by atoms with van der Waals surface area (Å²) >= 11 is 0. The van der Waals surface area contributed by atoms with Crippen LogP contribution in [0.15, 0.2) is 36.7 Å². The zero-order chi connectivity index (χ0) is 14.4. The molecule has 0 radical (unpaired) electrons. The first-order valence-electron chi connectivity index (χ1n) is 7.12. The van der Waals surface area contributed by atoms with Gasteiger partial charge in [-0.25, -0.2) is 4.39 Å². The minimum Gasteiger partial charge on any atom is -0.314 e. The summed E-state index contributed by atoms with van der Waals surface area (Å²) < 4.78 is 15.0. The molecule has 0 saturated heterocycles. The van der Waals surface area contributed by atoms with Gasteiger partial charge in [0.05, 0.1) is 6.20 Å². The molecular formula is C16H22FN3. The minimum atomic E-state index is -0.162. The van der Waals surface area contributed by atoms with E-state index in [1.165, 1.54) is 11.6 Å². The molecule has 1 atom stereocenters. The molecule has 0 spiro atoms. The molecule has 1 N–H and O–H groups in total.